The zero-order chi connectivity index (χ0) is 17.8. The number of hydrogen-bond donors (Lipinski definition) is 2. The molecule has 0 spiro atoms. The summed E-state index contributed by atoms with van der Waals surface area (Å²) in [7, 11) is 0. The van der Waals surface area contributed by atoms with Crippen LogP contribution in [0.5, 0.6) is 0 Å². The van der Waals surface area contributed by atoms with Gasteiger partial charge in [-0.05, 0) is 49.7 Å². The van der Waals surface area contributed by atoms with Crippen LogP contribution >= 0.6 is 11.6 Å². The summed E-state index contributed by atoms with van der Waals surface area (Å²) in [4.78, 5) is 19.9. The number of Topliss-reactive ketones (excluding diaryl/α,β-unsaturated/α-hetero) is 1. The van der Waals surface area contributed by atoms with E-state index in [1.165, 1.54) is 6.33 Å². The number of benzene rings is 2. The van der Waals surface area contributed by atoms with Gasteiger partial charge in [-0.15, -0.1) is 0 Å². The third kappa shape index (κ3) is 4.33. The Bertz CT molecular complexity index is 927. The van der Waals surface area contributed by atoms with Crippen molar-refractivity contribution in [3.8, 4) is 0 Å². The van der Waals surface area contributed by atoms with Gasteiger partial charge in [0.05, 0.1) is 0 Å². The van der Waals surface area contributed by atoms with Crippen LogP contribution in [0.1, 0.15) is 22.8 Å². The molecule has 0 amide bonds. The lowest BCUT2D eigenvalue weighted by atomic mass is 10.1. The molecule has 5 nitrogen and oxygen atoms in total. The number of nitrogens with one attached hydrogen (secondary N) is 2. The van der Waals surface area contributed by atoms with Crippen LogP contribution in [-0.2, 0) is 0 Å². The standard InChI is InChI=1S/C19H17ClN4O/c1-12-8-15(20)6-7-17(12)24-19-10-18(21-11-22-19)23-16-5-3-4-14(9-16)13(2)25/h3-11H,1-2H3,(H2,21,22,23,24). The van der Waals surface area contributed by atoms with Crippen LogP contribution in [-0.4, -0.2) is 15.8 Å². The van der Waals surface area contributed by atoms with E-state index in [1.54, 1.807) is 25.1 Å². The average molecular weight is 353 g/mol. The summed E-state index contributed by atoms with van der Waals surface area (Å²) >= 11 is 5.98. The number of carbonyl (C=O) groups is 1. The molecular weight excluding hydrogens is 336 g/mol. The van der Waals surface area contributed by atoms with Crippen molar-refractivity contribution >= 4 is 40.4 Å². The highest BCUT2D eigenvalue weighted by Crippen LogP contribution is 2.24. The minimum atomic E-state index is 0.0203. The molecule has 0 atom stereocenters. The lowest BCUT2D eigenvalue weighted by Crippen LogP contribution is -2.00. The molecule has 0 aliphatic heterocycles. The number of ketones is 1. The van der Waals surface area contributed by atoms with E-state index in [0.717, 1.165) is 16.9 Å². The van der Waals surface area contributed by atoms with Crippen molar-refractivity contribution in [3.63, 3.8) is 0 Å². The van der Waals surface area contributed by atoms with Crippen LogP contribution < -0.4 is 10.6 Å². The first-order valence-electron chi connectivity index (χ1n) is 7.74. The predicted molar refractivity (Wildman–Crippen MR) is 101 cm³/mol. The summed E-state index contributed by atoms with van der Waals surface area (Å²) in [5.74, 6) is 1.31. The monoisotopic (exact) mass is 352 g/mol. The first kappa shape index (κ1) is 16.9. The Morgan fingerprint density at radius 3 is 2.48 bits per heavy atom. The Labute approximate surface area is 151 Å². The fourth-order valence-electron chi connectivity index (χ4n) is 2.36. The molecule has 0 radical (unpaired) electrons. The van der Waals surface area contributed by atoms with Gasteiger partial charge in [-0.1, -0.05) is 23.7 Å². The lowest BCUT2D eigenvalue weighted by molar-refractivity contribution is 0.101. The van der Waals surface area contributed by atoms with E-state index in [2.05, 4.69) is 20.6 Å². The molecule has 3 aromatic rings. The van der Waals surface area contributed by atoms with Crippen LogP contribution in [0, 0.1) is 6.92 Å². The molecule has 126 valence electrons. The van der Waals surface area contributed by atoms with Crippen molar-refractivity contribution in [3.05, 3.63) is 71.0 Å². The van der Waals surface area contributed by atoms with Crippen molar-refractivity contribution in [2.24, 2.45) is 0 Å². The molecule has 25 heavy (non-hydrogen) atoms. The molecular formula is C19H17ClN4O. The summed E-state index contributed by atoms with van der Waals surface area (Å²) in [6.07, 6.45) is 1.48. The number of nitrogens with zero attached hydrogens (tertiary/aromatic N) is 2. The molecule has 0 fully saturated rings. The number of halogens is 1. The van der Waals surface area contributed by atoms with E-state index in [1.807, 2.05) is 37.3 Å². The van der Waals surface area contributed by atoms with E-state index in [4.69, 9.17) is 11.6 Å². The van der Waals surface area contributed by atoms with Gasteiger partial charge >= 0.3 is 0 Å². The molecule has 0 saturated heterocycles. The molecule has 6 heteroatoms. The fraction of sp³-hybridized carbons (Fsp3) is 0.105. The Morgan fingerprint density at radius 2 is 1.76 bits per heavy atom. The topological polar surface area (TPSA) is 66.9 Å². The first-order chi connectivity index (χ1) is 12.0. The molecule has 1 aromatic heterocycles. The minimum absolute atomic E-state index is 0.0203. The van der Waals surface area contributed by atoms with Crippen molar-refractivity contribution < 1.29 is 4.79 Å². The van der Waals surface area contributed by atoms with E-state index in [9.17, 15) is 4.79 Å². The van der Waals surface area contributed by atoms with E-state index in [-0.39, 0.29) is 5.78 Å². The smallest absolute Gasteiger partial charge is 0.159 e. The predicted octanol–water partition coefficient (Wildman–Crippen LogP) is 5.13. The van der Waals surface area contributed by atoms with Gasteiger partial charge in [0, 0.05) is 28.0 Å². The van der Waals surface area contributed by atoms with Gasteiger partial charge in [-0.3, -0.25) is 4.79 Å². The van der Waals surface area contributed by atoms with Crippen molar-refractivity contribution in [1.29, 1.82) is 0 Å². The largest absolute Gasteiger partial charge is 0.340 e. The third-order valence-electron chi connectivity index (χ3n) is 3.66. The third-order valence-corrected chi connectivity index (χ3v) is 3.89. The van der Waals surface area contributed by atoms with Crippen molar-refractivity contribution in [2.75, 3.05) is 10.6 Å². The summed E-state index contributed by atoms with van der Waals surface area (Å²) in [6.45, 7) is 3.52. The molecule has 1 heterocycles. The maximum absolute atomic E-state index is 11.5. The van der Waals surface area contributed by atoms with Gasteiger partial charge in [0.15, 0.2) is 5.78 Å². The lowest BCUT2D eigenvalue weighted by Gasteiger charge is -2.11. The highest BCUT2D eigenvalue weighted by atomic mass is 35.5. The first-order valence-corrected chi connectivity index (χ1v) is 8.12. The Kier molecular flexibility index (Phi) is 4.95. The van der Waals surface area contributed by atoms with Crippen molar-refractivity contribution in [1.82, 2.24) is 9.97 Å². The van der Waals surface area contributed by atoms with Crippen LogP contribution in [0.3, 0.4) is 0 Å². The van der Waals surface area contributed by atoms with E-state index >= 15 is 0 Å². The zero-order valence-corrected chi connectivity index (χ0v) is 14.6. The van der Waals surface area contributed by atoms with E-state index in [0.29, 0.717) is 22.2 Å². The number of aryl methyl sites for hydroxylation is 1. The van der Waals surface area contributed by atoms with Crippen molar-refractivity contribution in [2.45, 2.75) is 13.8 Å². The summed E-state index contributed by atoms with van der Waals surface area (Å²) in [5.41, 5.74) is 3.39. The van der Waals surface area contributed by atoms with E-state index < -0.39 is 0 Å². The molecule has 0 unspecified atom stereocenters. The number of carbonyl (C=O) groups excluding carboxylic acids is 1. The number of anilines is 4. The number of rotatable bonds is 5. The van der Waals surface area contributed by atoms with Gasteiger partial charge in [-0.25, -0.2) is 9.97 Å². The minimum Gasteiger partial charge on any atom is -0.340 e. The summed E-state index contributed by atoms with van der Waals surface area (Å²) in [5, 5.41) is 7.13. The highest BCUT2D eigenvalue weighted by molar-refractivity contribution is 6.30. The molecule has 3 rings (SSSR count). The average Bonchev–Trinajstić information content (AvgIpc) is 2.58. The SMILES string of the molecule is CC(=O)c1cccc(Nc2cc(Nc3ccc(Cl)cc3C)ncn2)c1. The number of aromatic nitrogens is 2. The van der Waals surface area contributed by atoms with Gasteiger partial charge in [-0.2, -0.15) is 0 Å². The molecule has 0 saturated carbocycles. The maximum Gasteiger partial charge on any atom is 0.159 e. The Hall–Kier alpha value is -2.92. The summed E-state index contributed by atoms with van der Waals surface area (Å²) in [6, 6.07) is 14.7. The second-order valence-electron chi connectivity index (χ2n) is 5.63. The van der Waals surface area contributed by atoms with Gasteiger partial charge in [0.1, 0.15) is 18.0 Å². The van der Waals surface area contributed by atoms with Gasteiger partial charge in [0.25, 0.3) is 0 Å². The quantitative estimate of drug-likeness (QED) is 0.623. The molecule has 2 aromatic carbocycles. The molecule has 0 bridgehead atoms. The molecule has 0 aliphatic rings. The highest BCUT2D eigenvalue weighted by Gasteiger charge is 2.05. The normalized spacial score (nSPS) is 10.4. The number of hydrogen-bond acceptors (Lipinski definition) is 5. The van der Waals surface area contributed by atoms with Crippen LogP contribution in [0.25, 0.3) is 0 Å². The fourth-order valence-corrected chi connectivity index (χ4v) is 2.59. The van der Waals surface area contributed by atoms with Gasteiger partial charge < -0.3 is 10.6 Å². The van der Waals surface area contributed by atoms with Crippen LogP contribution in [0.4, 0.5) is 23.0 Å². The maximum atomic E-state index is 11.5. The van der Waals surface area contributed by atoms with Crippen LogP contribution in [0.2, 0.25) is 5.02 Å². The second-order valence-corrected chi connectivity index (χ2v) is 6.07. The molecule has 0 aliphatic carbocycles. The Morgan fingerprint density at radius 1 is 1.00 bits per heavy atom. The summed E-state index contributed by atoms with van der Waals surface area (Å²) < 4.78 is 0. The second kappa shape index (κ2) is 7.32. The molecule has 2 N–H and O–H groups in total. The Balaban J connectivity index is 1.79. The van der Waals surface area contributed by atoms with Gasteiger partial charge in [0.2, 0.25) is 0 Å². The zero-order valence-electron chi connectivity index (χ0n) is 13.9. The van der Waals surface area contributed by atoms with Crippen LogP contribution in [0.15, 0.2) is 54.9 Å².